The SMILES string of the molecule is CCCOC(=O)c1cccc(Nc2ncnc3sc4c(c23)CCC(C)C4)c1. The van der Waals surface area contributed by atoms with Crippen LogP contribution in [0.5, 0.6) is 0 Å². The van der Waals surface area contributed by atoms with Gasteiger partial charge in [-0.25, -0.2) is 14.8 Å². The zero-order valence-electron chi connectivity index (χ0n) is 15.6. The summed E-state index contributed by atoms with van der Waals surface area (Å²) < 4.78 is 5.23. The number of benzene rings is 1. The lowest BCUT2D eigenvalue weighted by Gasteiger charge is -2.18. The molecule has 0 radical (unpaired) electrons. The number of nitrogens with zero attached hydrogens (tertiary/aromatic N) is 2. The van der Waals surface area contributed by atoms with Crippen molar-refractivity contribution in [1.29, 1.82) is 0 Å². The van der Waals surface area contributed by atoms with E-state index < -0.39 is 0 Å². The first kappa shape index (κ1) is 17.9. The van der Waals surface area contributed by atoms with Crippen molar-refractivity contribution in [2.75, 3.05) is 11.9 Å². The van der Waals surface area contributed by atoms with Gasteiger partial charge in [-0.3, -0.25) is 0 Å². The van der Waals surface area contributed by atoms with Crippen molar-refractivity contribution in [1.82, 2.24) is 9.97 Å². The highest BCUT2D eigenvalue weighted by molar-refractivity contribution is 7.19. The summed E-state index contributed by atoms with van der Waals surface area (Å²) in [5.74, 6) is 1.24. The summed E-state index contributed by atoms with van der Waals surface area (Å²) in [5, 5.41) is 4.52. The number of carbonyl (C=O) groups excluding carboxylic acids is 1. The van der Waals surface area contributed by atoms with Crippen LogP contribution in [0.1, 0.15) is 47.5 Å². The average Bonchev–Trinajstić information content (AvgIpc) is 3.04. The maximum atomic E-state index is 12.1. The van der Waals surface area contributed by atoms with Gasteiger partial charge in [0.05, 0.1) is 17.6 Å². The Balaban J connectivity index is 1.65. The number of ether oxygens (including phenoxy) is 1. The highest BCUT2D eigenvalue weighted by atomic mass is 32.1. The molecule has 2 aromatic heterocycles. The van der Waals surface area contributed by atoms with Crippen molar-refractivity contribution in [2.45, 2.75) is 39.5 Å². The summed E-state index contributed by atoms with van der Waals surface area (Å²) in [5.41, 5.74) is 2.75. The fourth-order valence-electron chi connectivity index (χ4n) is 3.51. The topological polar surface area (TPSA) is 64.1 Å². The van der Waals surface area contributed by atoms with Gasteiger partial charge in [0.1, 0.15) is 17.0 Å². The van der Waals surface area contributed by atoms with Crippen LogP contribution in [0.25, 0.3) is 10.2 Å². The number of nitrogens with one attached hydrogen (secondary N) is 1. The molecule has 0 saturated carbocycles. The van der Waals surface area contributed by atoms with E-state index >= 15 is 0 Å². The van der Waals surface area contributed by atoms with Gasteiger partial charge in [0, 0.05) is 10.6 Å². The zero-order chi connectivity index (χ0) is 18.8. The van der Waals surface area contributed by atoms with Gasteiger partial charge in [-0.05, 0) is 55.4 Å². The second-order valence-corrected chi connectivity index (χ2v) is 8.18. The Morgan fingerprint density at radius 3 is 3.11 bits per heavy atom. The first-order valence-electron chi connectivity index (χ1n) is 9.45. The van der Waals surface area contributed by atoms with Gasteiger partial charge in [0.25, 0.3) is 0 Å². The minimum atomic E-state index is -0.296. The van der Waals surface area contributed by atoms with Crippen LogP contribution in [0, 0.1) is 5.92 Å². The highest BCUT2D eigenvalue weighted by Gasteiger charge is 2.23. The molecular formula is C21H23N3O2S. The van der Waals surface area contributed by atoms with E-state index in [0.717, 1.165) is 46.9 Å². The van der Waals surface area contributed by atoms with E-state index in [4.69, 9.17) is 4.74 Å². The second-order valence-electron chi connectivity index (χ2n) is 7.10. The zero-order valence-corrected chi connectivity index (χ0v) is 16.4. The van der Waals surface area contributed by atoms with E-state index in [0.29, 0.717) is 12.2 Å². The number of aromatic nitrogens is 2. The van der Waals surface area contributed by atoms with Crippen molar-refractivity contribution >= 4 is 39.0 Å². The molecule has 1 aliphatic rings. The van der Waals surface area contributed by atoms with E-state index in [-0.39, 0.29) is 5.97 Å². The Labute approximate surface area is 162 Å². The summed E-state index contributed by atoms with van der Waals surface area (Å²) in [6.07, 6.45) is 5.81. The summed E-state index contributed by atoms with van der Waals surface area (Å²) in [6.45, 7) is 4.72. The Morgan fingerprint density at radius 1 is 1.37 bits per heavy atom. The molecule has 1 unspecified atom stereocenters. The summed E-state index contributed by atoms with van der Waals surface area (Å²) in [4.78, 5) is 23.6. The van der Waals surface area contributed by atoms with Gasteiger partial charge in [0.2, 0.25) is 0 Å². The first-order chi connectivity index (χ1) is 13.2. The predicted octanol–water partition coefficient (Wildman–Crippen LogP) is 5.13. The smallest absolute Gasteiger partial charge is 0.338 e. The first-order valence-corrected chi connectivity index (χ1v) is 10.3. The number of thiophene rings is 1. The molecule has 0 fully saturated rings. The molecule has 1 N–H and O–H groups in total. The van der Waals surface area contributed by atoms with Crippen LogP contribution < -0.4 is 5.32 Å². The normalized spacial score (nSPS) is 16.1. The van der Waals surface area contributed by atoms with E-state index in [1.807, 2.05) is 25.1 Å². The van der Waals surface area contributed by atoms with E-state index in [1.165, 1.54) is 16.9 Å². The van der Waals surface area contributed by atoms with E-state index in [2.05, 4.69) is 22.2 Å². The summed E-state index contributed by atoms with van der Waals surface area (Å²) >= 11 is 1.78. The maximum absolute atomic E-state index is 12.1. The second kappa shape index (κ2) is 7.64. The molecule has 1 atom stereocenters. The van der Waals surface area contributed by atoms with Gasteiger partial charge in [-0.2, -0.15) is 0 Å². The van der Waals surface area contributed by atoms with Gasteiger partial charge >= 0.3 is 5.97 Å². The lowest BCUT2D eigenvalue weighted by Crippen LogP contribution is -2.09. The van der Waals surface area contributed by atoms with Crippen LogP contribution in [0.15, 0.2) is 30.6 Å². The van der Waals surface area contributed by atoms with Crippen LogP contribution >= 0.6 is 11.3 Å². The van der Waals surface area contributed by atoms with Crippen LogP contribution in [0.3, 0.4) is 0 Å². The Kier molecular flexibility index (Phi) is 5.07. The number of fused-ring (bicyclic) bond motifs is 3. The minimum Gasteiger partial charge on any atom is -0.462 e. The molecule has 3 aromatic rings. The van der Waals surface area contributed by atoms with Crippen LogP contribution in [0.4, 0.5) is 11.5 Å². The maximum Gasteiger partial charge on any atom is 0.338 e. The fraction of sp³-hybridized carbons (Fsp3) is 0.381. The van der Waals surface area contributed by atoms with Crippen LogP contribution in [-0.4, -0.2) is 22.5 Å². The van der Waals surface area contributed by atoms with Crippen molar-refractivity contribution in [3.63, 3.8) is 0 Å². The molecule has 27 heavy (non-hydrogen) atoms. The number of rotatable bonds is 5. The Morgan fingerprint density at radius 2 is 2.26 bits per heavy atom. The number of carbonyl (C=O) groups is 1. The molecule has 5 nitrogen and oxygen atoms in total. The van der Waals surface area contributed by atoms with Crippen molar-refractivity contribution in [3.8, 4) is 0 Å². The molecule has 0 bridgehead atoms. The average molecular weight is 382 g/mol. The van der Waals surface area contributed by atoms with Crippen LogP contribution in [0.2, 0.25) is 0 Å². The van der Waals surface area contributed by atoms with Crippen LogP contribution in [-0.2, 0) is 17.6 Å². The molecule has 0 saturated heterocycles. The molecule has 4 rings (SSSR count). The standard InChI is InChI=1S/C21H23N3O2S/c1-3-9-26-21(25)14-5-4-6-15(11-14)24-19-18-16-8-7-13(2)10-17(16)27-20(18)23-12-22-19/h4-6,11-13H,3,7-10H2,1-2H3,(H,22,23,24). The van der Waals surface area contributed by atoms with Gasteiger partial charge < -0.3 is 10.1 Å². The molecule has 0 amide bonds. The molecule has 2 heterocycles. The van der Waals surface area contributed by atoms with E-state index in [1.54, 1.807) is 23.7 Å². The van der Waals surface area contributed by atoms with Crippen molar-refractivity contribution < 1.29 is 9.53 Å². The highest BCUT2D eigenvalue weighted by Crippen LogP contribution is 2.40. The van der Waals surface area contributed by atoms with Gasteiger partial charge in [-0.15, -0.1) is 11.3 Å². The third kappa shape index (κ3) is 3.67. The van der Waals surface area contributed by atoms with Crippen molar-refractivity contribution in [3.05, 3.63) is 46.6 Å². The molecule has 0 spiro atoms. The predicted molar refractivity (Wildman–Crippen MR) is 109 cm³/mol. The number of hydrogen-bond donors (Lipinski definition) is 1. The van der Waals surface area contributed by atoms with Gasteiger partial charge in [0.15, 0.2) is 0 Å². The Hall–Kier alpha value is -2.47. The lowest BCUT2D eigenvalue weighted by molar-refractivity contribution is 0.0505. The quantitative estimate of drug-likeness (QED) is 0.621. The summed E-state index contributed by atoms with van der Waals surface area (Å²) in [7, 11) is 0. The largest absolute Gasteiger partial charge is 0.462 e. The summed E-state index contributed by atoms with van der Waals surface area (Å²) in [6, 6.07) is 7.37. The molecular weight excluding hydrogens is 358 g/mol. The monoisotopic (exact) mass is 381 g/mol. The number of esters is 1. The molecule has 0 aliphatic heterocycles. The molecule has 1 aromatic carbocycles. The Bertz CT molecular complexity index is 983. The van der Waals surface area contributed by atoms with Gasteiger partial charge in [-0.1, -0.05) is 19.9 Å². The third-order valence-corrected chi connectivity index (χ3v) is 6.05. The lowest BCUT2D eigenvalue weighted by atomic mass is 9.89. The molecule has 6 heteroatoms. The van der Waals surface area contributed by atoms with Crippen molar-refractivity contribution in [2.24, 2.45) is 5.92 Å². The minimum absolute atomic E-state index is 0.296. The fourth-order valence-corrected chi connectivity index (χ4v) is 4.86. The third-order valence-electron chi connectivity index (χ3n) is 4.89. The number of hydrogen-bond acceptors (Lipinski definition) is 6. The number of anilines is 2. The van der Waals surface area contributed by atoms with E-state index in [9.17, 15) is 4.79 Å². The molecule has 140 valence electrons. The molecule has 1 aliphatic carbocycles. The number of aryl methyl sites for hydroxylation is 1.